The average molecular weight is 298 g/mol. The lowest BCUT2D eigenvalue weighted by Crippen LogP contribution is -2.34. The third kappa shape index (κ3) is 3.20. The van der Waals surface area contributed by atoms with Gasteiger partial charge in [-0.2, -0.15) is 13.2 Å². The van der Waals surface area contributed by atoms with Crippen LogP contribution in [0.25, 0.3) is 0 Å². The van der Waals surface area contributed by atoms with Crippen LogP contribution in [-0.4, -0.2) is 25.5 Å². The Hall–Kier alpha value is -1.56. The molecule has 1 N–H and O–H groups in total. The van der Waals surface area contributed by atoms with Crippen LogP contribution < -0.4 is 5.32 Å². The zero-order chi connectivity index (χ0) is 14.9. The summed E-state index contributed by atoms with van der Waals surface area (Å²) in [7, 11) is 0. The van der Waals surface area contributed by atoms with E-state index in [0.29, 0.717) is 18.0 Å². The van der Waals surface area contributed by atoms with Crippen LogP contribution in [0.4, 0.5) is 13.2 Å². The van der Waals surface area contributed by atoms with Gasteiger partial charge < -0.3 is 10.1 Å². The van der Waals surface area contributed by atoms with Crippen molar-refractivity contribution in [3.8, 4) is 0 Å². The number of hydrogen-bond acceptors (Lipinski definition) is 3. The number of benzene rings is 1. The molecule has 2 heterocycles. The smallest absolute Gasteiger partial charge is 0.416 e. The summed E-state index contributed by atoms with van der Waals surface area (Å²) in [4.78, 5) is 4.38. The minimum Gasteiger partial charge on any atom is -0.471 e. The largest absolute Gasteiger partial charge is 0.471 e. The molecule has 6 heteroatoms. The first kappa shape index (κ1) is 14.4. The molecule has 2 unspecified atom stereocenters. The maximum absolute atomic E-state index is 12.7. The second-order valence-corrected chi connectivity index (χ2v) is 5.45. The molecule has 2 aliphatic rings. The van der Waals surface area contributed by atoms with E-state index in [1.807, 2.05) is 0 Å². The van der Waals surface area contributed by atoms with Crippen molar-refractivity contribution in [3.63, 3.8) is 0 Å². The normalized spacial score (nSPS) is 26.3. The van der Waals surface area contributed by atoms with Gasteiger partial charge in [0.25, 0.3) is 0 Å². The topological polar surface area (TPSA) is 33.6 Å². The molecule has 114 valence electrons. The Bertz CT molecular complexity index is 536. The van der Waals surface area contributed by atoms with Gasteiger partial charge in [0.15, 0.2) is 5.90 Å². The first-order valence-corrected chi connectivity index (χ1v) is 7.13. The van der Waals surface area contributed by atoms with E-state index < -0.39 is 17.8 Å². The minimum atomic E-state index is -4.33. The number of alkyl halides is 3. The molecule has 0 spiro atoms. The summed E-state index contributed by atoms with van der Waals surface area (Å²) in [6, 6.07) is 5.31. The summed E-state index contributed by atoms with van der Waals surface area (Å²) in [5, 5.41) is 3.29. The van der Waals surface area contributed by atoms with Crippen molar-refractivity contribution in [2.45, 2.75) is 25.1 Å². The van der Waals surface area contributed by atoms with Crippen molar-refractivity contribution in [2.75, 3.05) is 19.6 Å². The van der Waals surface area contributed by atoms with Crippen molar-refractivity contribution in [3.05, 3.63) is 35.4 Å². The van der Waals surface area contributed by atoms with E-state index in [4.69, 9.17) is 4.74 Å². The first-order chi connectivity index (χ1) is 10.0. The van der Waals surface area contributed by atoms with Gasteiger partial charge in [0.1, 0.15) is 6.10 Å². The number of piperidine rings is 1. The van der Waals surface area contributed by atoms with Crippen molar-refractivity contribution in [1.82, 2.24) is 5.32 Å². The summed E-state index contributed by atoms with van der Waals surface area (Å²) in [5.74, 6) is 0.930. The minimum absolute atomic E-state index is 0.245. The molecule has 0 amide bonds. The fourth-order valence-electron chi connectivity index (χ4n) is 2.77. The Morgan fingerprint density at radius 3 is 2.86 bits per heavy atom. The molecule has 1 saturated heterocycles. The van der Waals surface area contributed by atoms with Crippen LogP contribution in [0.3, 0.4) is 0 Å². The molecule has 0 aliphatic carbocycles. The highest BCUT2D eigenvalue weighted by molar-refractivity contribution is 5.80. The van der Waals surface area contributed by atoms with Crippen molar-refractivity contribution in [1.29, 1.82) is 0 Å². The summed E-state index contributed by atoms with van der Waals surface area (Å²) < 4.78 is 44.0. The SMILES string of the molecule is FC(F)(F)c1cccc(C2CN=C(C3CCCNC3)O2)c1. The van der Waals surface area contributed by atoms with Gasteiger partial charge in [-0.05, 0) is 37.1 Å². The molecule has 2 atom stereocenters. The molecule has 3 rings (SSSR count). The number of rotatable bonds is 2. The molecule has 1 aromatic rings. The highest BCUT2D eigenvalue weighted by atomic mass is 19.4. The zero-order valence-electron chi connectivity index (χ0n) is 11.5. The monoisotopic (exact) mass is 298 g/mol. The van der Waals surface area contributed by atoms with Crippen molar-refractivity contribution in [2.24, 2.45) is 10.9 Å². The number of nitrogens with one attached hydrogen (secondary N) is 1. The molecule has 3 nitrogen and oxygen atoms in total. The molecule has 0 saturated carbocycles. The average Bonchev–Trinajstić information content (AvgIpc) is 2.97. The number of halogens is 3. The van der Waals surface area contributed by atoms with E-state index in [9.17, 15) is 13.2 Å². The van der Waals surface area contributed by atoms with Crippen molar-refractivity contribution < 1.29 is 17.9 Å². The lowest BCUT2D eigenvalue weighted by molar-refractivity contribution is -0.137. The maximum atomic E-state index is 12.7. The Labute approximate surface area is 121 Å². The number of nitrogens with zero attached hydrogens (tertiary/aromatic N) is 1. The summed E-state index contributed by atoms with van der Waals surface area (Å²) >= 11 is 0. The van der Waals surface area contributed by atoms with Crippen LogP contribution in [-0.2, 0) is 10.9 Å². The molecule has 0 aromatic heterocycles. The summed E-state index contributed by atoms with van der Waals surface area (Å²) in [5.41, 5.74) is -0.108. The highest BCUT2D eigenvalue weighted by Gasteiger charge is 2.33. The second kappa shape index (κ2) is 5.67. The van der Waals surface area contributed by atoms with Crippen LogP contribution in [0.2, 0.25) is 0 Å². The van der Waals surface area contributed by atoms with Gasteiger partial charge in [-0.15, -0.1) is 0 Å². The fraction of sp³-hybridized carbons (Fsp3) is 0.533. The van der Waals surface area contributed by atoms with E-state index in [2.05, 4.69) is 10.3 Å². The molecule has 2 aliphatic heterocycles. The second-order valence-electron chi connectivity index (χ2n) is 5.45. The van der Waals surface area contributed by atoms with E-state index >= 15 is 0 Å². The van der Waals surface area contributed by atoms with E-state index in [-0.39, 0.29) is 5.92 Å². The van der Waals surface area contributed by atoms with Crippen LogP contribution in [0.1, 0.15) is 30.1 Å². The molecular formula is C15H17F3N2O. The zero-order valence-corrected chi connectivity index (χ0v) is 11.5. The van der Waals surface area contributed by atoms with Gasteiger partial charge in [0.05, 0.1) is 12.1 Å². The molecule has 21 heavy (non-hydrogen) atoms. The quantitative estimate of drug-likeness (QED) is 0.910. The Balaban J connectivity index is 1.70. The Morgan fingerprint density at radius 2 is 2.14 bits per heavy atom. The van der Waals surface area contributed by atoms with Crippen LogP contribution in [0.5, 0.6) is 0 Å². The van der Waals surface area contributed by atoms with Gasteiger partial charge >= 0.3 is 6.18 Å². The van der Waals surface area contributed by atoms with E-state index in [1.54, 1.807) is 6.07 Å². The molecule has 1 fully saturated rings. The van der Waals surface area contributed by atoms with Crippen LogP contribution in [0.15, 0.2) is 29.3 Å². The van der Waals surface area contributed by atoms with Gasteiger partial charge in [0, 0.05) is 12.5 Å². The van der Waals surface area contributed by atoms with Gasteiger partial charge in [0.2, 0.25) is 0 Å². The van der Waals surface area contributed by atoms with Crippen LogP contribution in [0, 0.1) is 5.92 Å². The number of hydrogen-bond donors (Lipinski definition) is 1. The highest BCUT2D eigenvalue weighted by Crippen LogP contribution is 2.33. The predicted molar refractivity (Wildman–Crippen MR) is 73.2 cm³/mol. The van der Waals surface area contributed by atoms with Gasteiger partial charge in [-0.1, -0.05) is 12.1 Å². The molecule has 0 radical (unpaired) electrons. The van der Waals surface area contributed by atoms with Gasteiger partial charge in [-0.25, -0.2) is 0 Å². The predicted octanol–water partition coefficient (Wildman–Crippen LogP) is 3.17. The summed E-state index contributed by atoms with van der Waals surface area (Å²) in [6.07, 6.45) is -2.64. The first-order valence-electron chi connectivity index (χ1n) is 7.13. The number of aliphatic imine (C=N–C) groups is 1. The fourth-order valence-corrected chi connectivity index (χ4v) is 2.77. The lowest BCUT2D eigenvalue weighted by atomic mass is 10.00. The third-order valence-corrected chi connectivity index (χ3v) is 3.91. The standard InChI is InChI=1S/C15H17F3N2O/c16-15(17,18)12-5-1-3-10(7-12)13-9-20-14(21-13)11-4-2-6-19-8-11/h1,3,5,7,11,13,19H,2,4,6,8-9H2. The van der Waals surface area contributed by atoms with Crippen LogP contribution >= 0.6 is 0 Å². The Kier molecular flexibility index (Phi) is 3.89. The van der Waals surface area contributed by atoms with Crippen molar-refractivity contribution >= 4 is 5.90 Å². The maximum Gasteiger partial charge on any atom is 0.416 e. The van der Waals surface area contributed by atoms with E-state index in [0.717, 1.165) is 38.1 Å². The third-order valence-electron chi connectivity index (χ3n) is 3.91. The van der Waals surface area contributed by atoms with E-state index in [1.165, 1.54) is 6.07 Å². The molecular weight excluding hydrogens is 281 g/mol. The molecule has 1 aromatic carbocycles. The van der Waals surface area contributed by atoms with Gasteiger partial charge in [-0.3, -0.25) is 4.99 Å². The molecule has 0 bridgehead atoms. The Morgan fingerprint density at radius 1 is 1.29 bits per heavy atom. The number of ether oxygens (including phenoxy) is 1. The lowest BCUT2D eigenvalue weighted by Gasteiger charge is -2.23. The summed E-state index contributed by atoms with van der Waals surface area (Å²) in [6.45, 7) is 2.22.